The Morgan fingerprint density at radius 3 is 2.52 bits per heavy atom. The van der Waals surface area contributed by atoms with Gasteiger partial charge in [-0.25, -0.2) is 0 Å². The topological polar surface area (TPSA) is 93.2 Å². The van der Waals surface area contributed by atoms with Gasteiger partial charge in [0.15, 0.2) is 5.41 Å². The van der Waals surface area contributed by atoms with Crippen LogP contribution in [0.15, 0.2) is 28.0 Å². The SMILES string of the molecule is CC(=O)OCC1(C(=O)OCC(Cl)(Cl)Cl)CN2C(=O)C(N(C(C)=O)c3cccs3)[C@H]2SC1=CCl. The fourth-order valence-electron chi connectivity index (χ4n) is 3.53. The lowest BCUT2D eigenvalue weighted by atomic mass is 9.85. The van der Waals surface area contributed by atoms with Crippen LogP contribution < -0.4 is 4.90 Å². The molecule has 180 valence electrons. The van der Waals surface area contributed by atoms with Crippen LogP contribution in [0.4, 0.5) is 5.00 Å². The summed E-state index contributed by atoms with van der Waals surface area (Å²) in [6.45, 7) is 1.37. The Morgan fingerprint density at radius 2 is 2.00 bits per heavy atom. The molecule has 3 atom stereocenters. The fraction of sp³-hybridized carbons (Fsp3) is 0.474. The highest BCUT2D eigenvalue weighted by Crippen LogP contribution is 2.52. The summed E-state index contributed by atoms with van der Waals surface area (Å²) in [6, 6.07) is 2.73. The van der Waals surface area contributed by atoms with Crippen molar-refractivity contribution in [2.24, 2.45) is 5.41 Å². The van der Waals surface area contributed by atoms with Crippen molar-refractivity contribution in [2.45, 2.75) is 29.1 Å². The van der Waals surface area contributed by atoms with E-state index >= 15 is 0 Å². The molecule has 2 aliphatic rings. The molecule has 0 aromatic carbocycles. The number of β-lactam (4-membered cyclic amide) rings is 1. The van der Waals surface area contributed by atoms with Crippen molar-refractivity contribution >= 4 is 98.3 Å². The van der Waals surface area contributed by atoms with E-state index in [0.717, 1.165) is 11.8 Å². The summed E-state index contributed by atoms with van der Waals surface area (Å²) in [6.07, 6.45) is 0. The smallest absolute Gasteiger partial charge is 0.322 e. The van der Waals surface area contributed by atoms with Crippen molar-refractivity contribution in [3.05, 3.63) is 28.0 Å². The molecule has 2 saturated heterocycles. The quantitative estimate of drug-likeness (QED) is 0.288. The maximum Gasteiger partial charge on any atom is 0.322 e. The maximum atomic E-state index is 13.1. The number of fused-ring (bicyclic) bond motifs is 1. The number of esters is 2. The first-order valence-electron chi connectivity index (χ1n) is 9.40. The summed E-state index contributed by atoms with van der Waals surface area (Å²) in [5.74, 6) is -2.18. The van der Waals surface area contributed by atoms with E-state index in [4.69, 9.17) is 55.9 Å². The molecule has 2 fully saturated rings. The van der Waals surface area contributed by atoms with E-state index in [1.54, 1.807) is 17.5 Å². The number of amides is 2. The van der Waals surface area contributed by atoms with Crippen molar-refractivity contribution in [1.82, 2.24) is 4.90 Å². The number of thioether (sulfide) groups is 1. The Balaban J connectivity index is 1.92. The molecule has 2 unspecified atom stereocenters. The lowest BCUT2D eigenvalue weighted by Crippen LogP contribution is -2.74. The summed E-state index contributed by atoms with van der Waals surface area (Å²) < 4.78 is 8.45. The zero-order chi connectivity index (χ0) is 24.6. The molecular formula is C19H18Cl4N2O6S2. The van der Waals surface area contributed by atoms with Gasteiger partial charge in [-0.15, -0.1) is 23.1 Å². The largest absolute Gasteiger partial charge is 0.464 e. The van der Waals surface area contributed by atoms with E-state index in [1.807, 2.05) is 0 Å². The van der Waals surface area contributed by atoms with Crippen LogP contribution >= 0.6 is 69.5 Å². The van der Waals surface area contributed by atoms with E-state index in [0.29, 0.717) is 9.91 Å². The highest BCUT2D eigenvalue weighted by atomic mass is 35.6. The number of ether oxygens (including phenoxy) is 2. The lowest BCUT2D eigenvalue weighted by molar-refractivity contribution is -0.166. The number of carbonyl (C=O) groups is 4. The zero-order valence-electron chi connectivity index (χ0n) is 17.3. The zero-order valence-corrected chi connectivity index (χ0v) is 21.9. The predicted molar refractivity (Wildman–Crippen MR) is 129 cm³/mol. The number of thiophene rings is 1. The minimum atomic E-state index is -1.87. The summed E-state index contributed by atoms with van der Waals surface area (Å²) in [5, 5.41) is 1.91. The number of rotatable bonds is 6. The molecule has 0 radical (unpaired) electrons. The van der Waals surface area contributed by atoms with Crippen LogP contribution in [0, 0.1) is 5.41 Å². The molecule has 0 aliphatic carbocycles. The predicted octanol–water partition coefficient (Wildman–Crippen LogP) is 3.93. The van der Waals surface area contributed by atoms with Crippen LogP contribution in [-0.4, -0.2) is 63.6 Å². The lowest BCUT2D eigenvalue weighted by Gasteiger charge is -2.56. The van der Waals surface area contributed by atoms with Gasteiger partial charge in [-0.3, -0.25) is 24.1 Å². The van der Waals surface area contributed by atoms with Crippen molar-refractivity contribution in [1.29, 1.82) is 0 Å². The molecule has 1 aromatic heterocycles. The molecule has 0 spiro atoms. The van der Waals surface area contributed by atoms with Crippen molar-refractivity contribution in [3.63, 3.8) is 0 Å². The molecule has 33 heavy (non-hydrogen) atoms. The van der Waals surface area contributed by atoms with Gasteiger partial charge >= 0.3 is 11.9 Å². The molecule has 2 aliphatic heterocycles. The Kier molecular flexibility index (Phi) is 8.18. The van der Waals surface area contributed by atoms with Crippen molar-refractivity contribution in [2.75, 3.05) is 24.7 Å². The second kappa shape index (κ2) is 10.2. The minimum Gasteiger partial charge on any atom is -0.464 e. The molecule has 3 rings (SSSR count). The minimum absolute atomic E-state index is 0.194. The Hall–Kier alpha value is -1.17. The Bertz CT molecular complexity index is 983. The third-order valence-corrected chi connectivity index (χ3v) is 8.07. The molecule has 0 N–H and O–H groups in total. The highest BCUT2D eigenvalue weighted by molar-refractivity contribution is 8.04. The molecule has 3 heterocycles. The van der Waals surface area contributed by atoms with Gasteiger partial charge in [0.2, 0.25) is 15.6 Å². The van der Waals surface area contributed by atoms with Gasteiger partial charge in [-0.2, -0.15) is 0 Å². The van der Waals surface area contributed by atoms with Crippen LogP contribution in [0.3, 0.4) is 0 Å². The first-order chi connectivity index (χ1) is 15.4. The van der Waals surface area contributed by atoms with E-state index < -0.39 is 45.8 Å². The summed E-state index contributed by atoms with van der Waals surface area (Å²) >= 11 is 25.6. The number of hydrogen-bond acceptors (Lipinski definition) is 8. The average Bonchev–Trinajstić information content (AvgIpc) is 3.26. The molecule has 1 aromatic rings. The monoisotopic (exact) mass is 574 g/mol. The van der Waals surface area contributed by atoms with Crippen LogP contribution in [0.2, 0.25) is 0 Å². The van der Waals surface area contributed by atoms with E-state index in [1.165, 1.54) is 40.5 Å². The van der Waals surface area contributed by atoms with E-state index in [-0.39, 0.29) is 18.4 Å². The average molecular weight is 576 g/mol. The number of nitrogens with zero attached hydrogens (tertiary/aromatic N) is 2. The Morgan fingerprint density at radius 1 is 1.30 bits per heavy atom. The fourth-order valence-corrected chi connectivity index (χ4v) is 6.28. The van der Waals surface area contributed by atoms with Gasteiger partial charge in [-0.1, -0.05) is 46.4 Å². The number of carbonyl (C=O) groups excluding carboxylic acids is 4. The maximum absolute atomic E-state index is 13.1. The van der Waals surface area contributed by atoms with Gasteiger partial charge in [-0.05, 0) is 17.5 Å². The normalized spacial score (nSPS) is 25.8. The van der Waals surface area contributed by atoms with Gasteiger partial charge in [0.05, 0.1) is 5.00 Å². The number of anilines is 1. The molecule has 2 amide bonds. The third kappa shape index (κ3) is 5.41. The Labute approximate surface area is 218 Å². The van der Waals surface area contributed by atoms with Gasteiger partial charge in [0.25, 0.3) is 0 Å². The first kappa shape index (κ1) is 26.4. The van der Waals surface area contributed by atoms with E-state index in [9.17, 15) is 19.2 Å². The molecule has 0 bridgehead atoms. The van der Waals surface area contributed by atoms with Crippen LogP contribution in [0.25, 0.3) is 0 Å². The van der Waals surface area contributed by atoms with Crippen LogP contribution in [-0.2, 0) is 28.7 Å². The van der Waals surface area contributed by atoms with E-state index in [2.05, 4.69) is 0 Å². The third-order valence-electron chi connectivity index (χ3n) is 5.01. The second-order valence-corrected chi connectivity index (χ2v) is 12.1. The molecule has 0 saturated carbocycles. The number of hydrogen-bond donors (Lipinski definition) is 0. The highest BCUT2D eigenvalue weighted by Gasteiger charge is 2.62. The van der Waals surface area contributed by atoms with Crippen LogP contribution in [0.5, 0.6) is 0 Å². The van der Waals surface area contributed by atoms with Crippen molar-refractivity contribution < 1.29 is 28.7 Å². The number of alkyl halides is 3. The summed E-state index contributed by atoms with van der Waals surface area (Å²) in [4.78, 5) is 53.3. The van der Waals surface area contributed by atoms with Crippen molar-refractivity contribution in [3.8, 4) is 0 Å². The molecule has 8 nitrogen and oxygen atoms in total. The molecular weight excluding hydrogens is 558 g/mol. The van der Waals surface area contributed by atoms with Gasteiger partial charge in [0.1, 0.15) is 24.6 Å². The molecule has 14 heteroatoms. The standard InChI is InChI=1S/C19H18Cl4N2O6S2/c1-10(26)25(13-4-3-5-32-13)14-15(28)24-7-18(8-30-11(2)27,12(6-20)33-16(14)24)17(29)31-9-19(21,22)23/h3-6,14,16H,7-9H2,1-2H3/t14?,16-,18?/m1/s1. The second-order valence-electron chi connectivity index (χ2n) is 7.29. The number of halogens is 4. The first-order valence-corrected chi connectivity index (χ1v) is 12.7. The summed E-state index contributed by atoms with van der Waals surface area (Å²) in [7, 11) is 0. The van der Waals surface area contributed by atoms with Crippen LogP contribution in [0.1, 0.15) is 13.8 Å². The summed E-state index contributed by atoms with van der Waals surface area (Å²) in [5.41, 5.74) is -0.444. The van der Waals surface area contributed by atoms with Gasteiger partial charge in [0, 0.05) is 30.8 Å². The van der Waals surface area contributed by atoms with Gasteiger partial charge < -0.3 is 14.4 Å².